The molecule has 6 rings (SSSR count). The number of methoxy groups -OCH3 is 1. The van der Waals surface area contributed by atoms with E-state index in [1.165, 1.54) is 39.6 Å². The number of nitrogens with zero attached hydrogens (tertiary/aromatic N) is 1. The molecule has 6 heteroatoms. The van der Waals surface area contributed by atoms with Crippen LogP contribution in [0.1, 0.15) is 57.4 Å². The summed E-state index contributed by atoms with van der Waals surface area (Å²) in [5.74, 6) is 0.114. The van der Waals surface area contributed by atoms with Crippen LogP contribution in [0.2, 0.25) is 0 Å². The van der Waals surface area contributed by atoms with E-state index in [4.69, 9.17) is 9.15 Å². The van der Waals surface area contributed by atoms with Crippen molar-refractivity contribution in [3.63, 3.8) is 0 Å². The summed E-state index contributed by atoms with van der Waals surface area (Å²) in [6.45, 7) is 7.24. The number of aryl methyl sites for hydroxylation is 2. The lowest BCUT2D eigenvalue weighted by Crippen LogP contribution is -2.50. The second-order valence-corrected chi connectivity index (χ2v) is 10.3. The zero-order chi connectivity index (χ0) is 24.9. The van der Waals surface area contributed by atoms with Gasteiger partial charge in [-0.1, -0.05) is 42.5 Å². The van der Waals surface area contributed by atoms with Gasteiger partial charge < -0.3 is 19.5 Å². The van der Waals surface area contributed by atoms with E-state index in [1.807, 2.05) is 6.07 Å². The maximum Gasteiger partial charge on any atom is 0.287 e. The van der Waals surface area contributed by atoms with Crippen LogP contribution in [0.3, 0.4) is 0 Å². The predicted octanol–water partition coefficient (Wildman–Crippen LogP) is 5.41. The van der Waals surface area contributed by atoms with Crippen molar-refractivity contribution >= 4 is 16.8 Å². The number of furan rings is 1. The van der Waals surface area contributed by atoms with Crippen molar-refractivity contribution in [3.05, 3.63) is 94.6 Å². The first-order valence-electron chi connectivity index (χ1n) is 12.8. The molecular formula is C30H33N3O3. The molecule has 3 heterocycles. The third-order valence-corrected chi connectivity index (χ3v) is 8.50. The van der Waals surface area contributed by atoms with Gasteiger partial charge in [0.2, 0.25) is 0 Å². The zero-order valence-corrected chi connectivity index (χ0v) is 21.1. The summed E-state index contributed by atoms with van der Waals surface area (Å²) in [5.41, 5.74) is 7.50. The molecule has 0 bridgehead atoms. The molecular weight excluding hydrogens is 450 g/mol. The van der Waals surface area contributed by atoms with Crippen molar-refractivity contribution in [3.8, 4) is 0 Å². The molecule has 36 heavy (non-hydrogen) atoms. The molecule has 2 aliphatic rings. The van der Waals surface area contributed by atoms with E-state index < -0.39 is 0 Å². The first-order chi connectivity index (χ1) is 17.5. The number of ether oxygens (including phenoxy) is 1. The molecule has 186 valence electrons. The van der Waals surface area contributed by atoms with E-state index in [2.05, 4.69) is 65.4 Å². The Balaban J connectivity index is 1.24. The Hall–Kier alpha value is -3.35. The molecule has 0 unspecified atom stereocenters. The van der Waals surface area contributed by atoms with Crippen LogP contribution in [0.4, 0.5) is 0 Å². The maximum absolute atomic E-state index is 12.9. The quantitative estimate of drug-likeness (QED) is 0.398. The number of amides is 1. The number of piperidine rings is 1. The molecule has 2 atom stereocenters. The average molecular weight is 484 g/mol. The van der Waals surface area contributed by atoms with Crippen molar-refractivity contribution < 1.29 is 13.9 Å². The molecule has 1 fully saturated rings. The molecule has 0 radical (unpaired) electrons. The van der Waals surface area contributed by atoms with Crippen LogP contribution >= 0.6 is 0 Å². The third kappa shape index (κ3) is 3.59. The lowest BCUT2D eigenvalue weighted by Gasteiger charge is -2.44. The number of rotatable bonds is 5. The van der Waals surface area contributed by atoms with Crippen LogP contribution in [0.5, 0.6) is 0 Å². The number of benzene rings is 2. The Bertz CT molecular complexity index is 1400. The van der Waals surface area contributed by atoms with Crippen LogP contribution in [-0.4, -0.2) is 42.1 Å². The number of hydrogen-bond donors (Lipinski definition) is 2. The topological polar surface area (TPSA) is 70.5 Å². The van der Waals surface area contributed by atoms with Crippen molar-refractivity contribution in [1.29, 1.82) is 0 Å². The van der Waals surface area contributed by atoms with Crippen molar-refractivity contribution in [2.45, 2.75) is 50.8 Å². The Kier molecular flexibility index (Phi) is 5.73. The average Bonchev–Trinajstić information content (AvgIpc) is 3.60. The van der Waals surface area contributed by atoms with Gasteiger partial charge in [-0.3, -0.25) is 9.69 Å². The van der Waals surface area contributed by atoms with E-state index in [0.29, 0.717) is 5.76 Å². The van der Waals surface area contributed by atoms with E-state index >= 15 is 0 Å². The number of para-hydroxylation sites is 1. The molecule has 6 nitrogen and oxygen atoms in total. The Morgan fingerprint density at radius 3 is 2.64 bits per heavy atom. The molecule has 4 aromatic rings. The fourth-order valence-corrected chi connectivity index (χ4v) is 6.59. The van der Waals surface area contributed by atoms with Gasteiger partial charge in [0.25, 0.3) is 5.91 Å². The summed E-state index contributed by atoms with van der Waals surface area (Å²) in [5, 5.41) is 4.53. The van der Waals surface area contributed by atoms with Gasteiger partial charge in [-0.05, 0) is 74.2 Å². The van der Waals surface area contributed by atoms with Crippen LogP contribution in [0, 0.1) is 13.8 Å². The highest BCUT2D eigenvalue weighted by atomic mass is 16.5. The first kappa shape index (κ1) is 23.1. The lowest BCUT2D eigenvalue weighted by molar-refractivity contribution is -0.0125. The highest BCUT2D eigenvalue weighted by Gasteiger charge is 2.54. The maximum atomic E-state index is 12.9. The van der Waals surface area contributed by atoms with Crippen LogP contribution in [0.25, 0.3) is 10.9 Å². The van der Waals surface area contributed by atoms with Gasteiger partial charge in [0.05, 0.1) is 18.4 Å². The van der Waals surface area contributed by atoms with Crippen molar-refractivity contribution in [1.82, 2.24) is 15.2 Å². The van der Waals surface area contributed by atoms with Gasteiger partial charge in [-0.15, -0.1) is 0 Å². The third-order valence-electron chi connectivity index (χ3n) is 8.50. The van der Waals surface area contributed by atoms with Gasteiger partial charge in [-0.25, -0.2) is 0 Å². The fraction of sp³-hybridized carbons (Fsp3) is 0.367. The zero-order valence-electron chi connectivity index (χ0n) is 21.1. The Morgan fingerprint density at radius 2 is 1.92 bits per heavy atom. The van der Waals surface area contributed by atoms with Gasteiger partial charge in [-0.2, -0.15) is 0 Å². The minimum Gasteiger partial charge on any atom is -0.459 e. The number of aromatic nitrogens is 1. The minimum atomic E-state index is -0.214. The predicted molar refractivity (Wildman–Crippen MR) is 140 cm³/mol. The molecule has 1 saturated heterocycles. The highest BCUT2D eigenvalue weighted by molar-refractivity contribution is 5.92. The van der Waals surface area contributed by atoms with E-state index in [0.717, 1.165) is 38.0 Å². The summed E-state index contributed by atoms with van der Waals surface area (Å²) in [4.78, 5) is 19.2. The molecule has 1 aliphatic heterocycles. The SMILES string of the molecule is CO[C@H]1[C@H](NC(=O)c2ccco2)c2ccccc2C12CCN(Cc1[nH]c3c(C)cccc3c1C)CC2. The standard InChI is InChI=1S/C30H33N3O3/c1-19-8-6-10-21-20(2)24(31-26(19)21)18-33-15-13-30(14-16-33)23-11-5-4-9-22(23)27(28(30)35-3)32-29(34)25-12-7-17-36-25/h4-12,17,27-28,31H,13-16,18H2,1-3H3,(H,32,34)/t27-,28+/m1/s1. The molecule has 2 aromatic carbocycles. The van der Waals surface area contributed by atoms with Crippen molar-refractivity contribution in [2.75, 3.05) is 20.2 Å². The number of likely N-dealkylation sites (tertiary alicyclic amines) is 1. The number of nitrogens with one attached hydrogen (secondary N) is 2. The van der Waals surface area contributed by atoms with Crippen molar-refractivity contribution in [2.24, 2.45) is 0 Å². The molecule has 2 N–H and O–H groups in total. The summed E-state index contributed by atoms with van der Waals surface area (Å²) >= 11 is 0. The van der Waals surface area contributed by atoms with E-state index in [-0.39, 0.29) is 23.5 Å². The second-order valence-electron chi connectivity index (χ2n) is 10.3. The molecule has 1 spiro atoms. The molecule has 1 aliphatic carbocycles. The van der Waals surface area contributed by atoms with Gasteiger partial charge >= 0.3 is 0 Å². The van der Waals surface area contributed by atoms with Crippen LogP contribution in [0.15, 0.2) is 65.3 Å². The summed E-state index contributed by atoms with van der Waals surface area (Å²) in [6.07, 6.45) is 3.36. The van der Waals surface area contributed by atoms with Gasteiger partial charge in [0.1, 0.15) is 0 Å². The molecule has 2 aromatic heterocycles. The van der Waals surface area contributed by atoms with Gasteiger partial charge in [0.15, 0.2) is 5.76 Å². The first-order valence-corrected chi connectivity index (χ1v) is 12.8. The summed E-state index contributed by atoms with van der Waals surface area (Å²) in [7, 11) is 1.77. The number of carbonyl (C=O) groups excluding carboxylic acids is 1. The van der Waals surface area contributed by atoms with Gasteiger partial charge in [0, 0.05) is 35.7 Å². The Labute approximate surface area is 211 Å². The fourth-order valence-electron chi connectivity index (χ4n) is 6.59. The van der Waals surface area contributed by atoms with E-state index in [1.54, 1.807) is 19.2 Å². The molecule has 0 saturated carbocycles. The number of carbonyl (C=O) groups is 1. The highest BCUT2D eigenvalue weighted by Crippen LogP contribution is 2.52. The number of aromatic amines is 1. The van der Waals surface area contributed by atoms with Crippen LogP contribution in [-0.2, 0) is 16.7 Å². The summed E-state index contributed by atoms with van der Waals surface area (Å²) < 4.78 is 11.5. The summed E-state index contributed by atoms with van der Waals surface area (Å²) in [6, 6.07) is 18.2. The number of fused-ring (bicyclic) bond motifs is 3. The van der Waals surface area contributed by atoms with Crippen LogP contribution < -0.4 is 5.32 Å². The molecule has 1 amide bonds. The largest absolute Gasteiger partial charge is 0.459 e. The number of hydrogen-bond acceptors (Lipinski definition) is 4. The smallest absolute Gasteiger partial charge is 0.287 e. The number of H-pyrrole nitrogens is 1. The minimum absolute atomic E-state index is 0.130. The monoisotopic (exact) mass is 483 g/mol. The Morgan fingerprint density at radius 1 is 1.11 bits per heavy atom. The van der Waals surface area contributed by atoms with E-state index in [9.17, 15) is 4.79 Å². The second kappa shape index (κ2) is 8.95. The lowest BCUT2D eigenvalue weighted by atomic mass is 9.72. The normalized spacial score (nSPS) is 21.2.